The molecule has 0 spiro atoms. The second kappa shape index (κ2) is 7.35. The Morgan fingerprint density at radius 1 is 1.03 bits per heavy atom. The van der Waals surface area contributed by atoms with Gasteiger partial charge in [-0.15, -0.1) is 5.10 Å². The number of anilines is 1. The van der Waals surface area contributed by atoms with Crippen LogP contribution in [0.4, 0.5) is 5.69 Å². The Kier molecular flexibility index (Phi) is 4.72. The summed E-state index contributed by atoms with van der Waals surface area (Å²) >= 11 is 0. The van der Waals surface area contributed by atoms with Crippen molar-refractivity contribution >= 4 is 17.2 Å². The number of hydrogen-bond acceptors (Lipinski definition) is 4. The number of carbonyl (C=O) groups excluding carboxylic acids is 1. The van der Waals surface area contributed by atoms with Crippen LogP contribution in [0.5, 0.6) is 0 Å². The quantitative estimate of drug-likeness (QED) is 0.540. The fourth-order valence-corrected chi connectivity index (χ4v) is 3.28. The zero-order chi connectivity index (χ0) is 20.5. The number of aromatic nitrogens is 4. The van der Waals surface area contributed by atoms with Crippen LogP contribution in [-0.4, -0.2) is 32.1 Å². The number of likely N-dealkylation sites (N-methyl/N-ethyl adjacent to an activating group) is 1. The van der Waals surface area contributed by atoms with Gasteiger partial charge in [0, 0.05) is 24.4 Å². The molecule has 2 aromatic carbocycles. The third kappa shape index (κ3) is 3.54. The normalized spacial score (nSPS) is 11.0. The summed E-state index contributed by atoms with van der Waals surface area (Å²) in [4.78, 5) is 31.6. The van der Waals surface area contributed by atoms with Gasteiger partial charge in [0.1, 0.15) is 12.4 Å². The highest BCUT2D eigenvalue weighted by molar-refractivity contribution is 5.92. The second-order valence-electron chi connectivity index (χ2n) is 6.98. The van der Waals surface area contributed by atoms with Gasteiger partial charge in [-0.1, -0.05) is 42.5 Å². The molecule has 0 aliphatic rings. The van der Waals surface area contributed by atoms with E-state index in [2.05, 4.69) is 10.1 Å². The van der Waals surface area contributed by atoms with Crippen LogP contribution in [0.25, 0.3) is 16.9 Å². The van der Waals surface area contributed by atoms with E-state index in [0.29, 0.717) is 11.5 Å². The highest BCUT2D eigenvalue weighted by Gasteiger charge is 2.17. The molecular weight excluding hydrogens is 366 g/mol. The summed E-state index contributed by atoms with van der Waals surface area (Å²) in [6.07, 6.45) is 0. The van der Waals surface area contributed by atoms with E-state index in [4.69, 9.17) is 0 Å². The van der Waals surface area contributed by atoms with E-state index in [0.717, 1.165) is 22.5 Å². The maximum absolute atomic E-state index is 12.8. The van der Waals surface area contributed by atoms with Crippen molar-refractivity contribution in [1.29, 1.82) is 0 Å². The summed E-state index contributed by atoms with van der Waals surface area (Å²) in [6, 6.07) is 19.1. The number of rotatable bonds is 4. The van der Waals surface area contributed by atoms with Crippen LogP contribution < -0.4 is 10.6 Å². The zero-order valence-corrected chi connectivity index (χ0v) is 16.5. The van der Waals surface area contributed by atoms with Crippen LogP contribution >= 0.6 is 0 Å². The van der Waals surface area contributed by atoms with Gasteiger partial charge in [-0.05, 0) is 31.5 Å². The first-order valence-electron chi connectivity index (χ1n) is 9.30. The standard InChI is InChI=1S/C22H21N5O2/c1-15-8-7-11-18(12-15)25(3)21(28)14-26-22(29)27-16(2)23-19(13-20(27)24-26)17-9-5-4-6-10-17/h4-13H,14H2,1-3H3. The van der Waals surface area contributed by atoms with Gasteiger partial charge in [0.05, 0.1) is 5.69 Å². The average molecular weight is 387 g/mol. The fourth-order valence-electron chi connectivity index (χ4n) is 3.28. The first kappa shape index (κ1) is 18.6. The van der Waals surface area contributed by atoms with Crippen LogP contribution in [0.3, 0.4) is 0 Å². The molecule has 0 saturated heterocycles. The van der Waals surface area contributed by atoms with Crippen molar-refractivity contribution in [2.24, 2.45) is 0 Å². The lowest BCUT2D eigenvalue weighted by Crippen LogP contribution is -2.34. The maximum Gasteiger partial charge on any atom is 0.352 e. The lowest BCUT2D eigenvalue weighted by Gasteiger charge is -2.17. The van der Waals surface area contributed by atoms with Crippen LogP contribution in [0, 0.1) is 13.8 Å². The van der Waals surface area contributed by atoms with Gasteiger partial charge in [-0.25, -0.2) is 18.9 Å². The van der Waals surface area contributed by atoms with E-state index >= 15 is 0 Å². The number of amides is 1. The van der Waals surface area contributed by atoms with E-state index in [-0.39, 0.29) is 18.1 Å². The third-order valence-electron chi connectivity index (χ3n) is 4.85. The predicted molar refractivity (Wildman–Crippen MR) is 112 cm³/mol. The average Bonchev–Trinajstić information content (AvgIpc) is 3.03. The second-order valence-corrected chi connectivity index (χ2v) is 6.98. The molecule has 0 atom stereocenters. The molecule has 4 aromatic rings. The third-order valence-corrected chi connectivity index (χ3v) is 4.85. The highest BCUT2D eigenvalue weighted by atomic mass is 16.2. The molecule has 0 fully saturated rings. The van der Waals surface area contributed by atoms with Crippen molar-refractivity contribution in [3.8, 4) is 11.3 Å². The number of aryl methyl sites for hydroxylation is 2. The Labute approximate surface area is 167 Å². The molecule has 0 N–H and O–H groups in total. The molecule has 146 valence electrons. The Hall–Kier alpha value is -3.74. The van der Waals surface area contributed by atoms with Crippen molar-refractivity contribution in [2.45, 2.75) is 20.4 Å². The molecule has 0 bridgehead atoms. The highest BCUT2D eigenvalue weighted by Crippen LogP contribution is 2.18. The number of nitrogens with zero attached hydrogens (tertiary/aromatic N) is 5. The lowest BCUT2D eigenvalue weighted by molar-refractivity contribution is -0.119. The molecule has 29 heavy (non-hydrogen) atoms. The molecule has 7 nitrogen and oxygen atoms in total. The Morgan fingerprint density at radius 2 is 1.79 bits per heavy atom. The van der Waals surface area contributed by atoms with Crippen molar-refractivity contribution < 1.29 is 4.79 Å². The molecule has 7 heteroatoms. The number of carbonyl (C=O) groups is 1. The summed E-state index contributed by atoms with van der Waals surface area (Å²) in [5.74, 6) is 0.298. The number of hydrogen-bond donors (Lipinski definition) is 0. The van der Waals surface area contributed by atoms with Crippen LogP contribution in [0.1, 0.15) is 11.4 Å². The molecule has 0 aliphatic heterocycles. The lowest BCUT2D eigenvalue weighted by atomic mass is 10.1. The van der Waals surface area contributed by atoms with Gasteiger partial charge >= 0.3 is 5.69 Å². The Bertz CT molecular complexity index is 1260. The minimum atomic E-state index is -0.379. The van der Waals surface area contributed by atoms with Crippen LogP contribution in [-0.2, 0) is 11.3 Å². The smallest absolute Gasteiger partial charge is 0.314 e. The van der Waals surface area contributed by atoms with Gasteiger partial charge in [0.15, 0.2) is 5.65 Å². The van der Waals surface area contributed by atoms with E-state index in [1.807, 2.05) is 61.5 Å². The minimum Gasteiger partial charge on any atom is -0.314 e. The van der Waals surface area contributed by atoms with Gasteiger partial charge in [-0.2, -0.15) is 0 Å². The Morgan fingerprint density at radius 3 is 2.52 bits per heavy atom. The number of benzene rings is 2. The molecule has 0 unspecified atom stereocenters. The van der Waals surface area contributed by atoms with Crippen molar-refractivity contribution in [3.63, 3.8) is 0 Å². The first-order chi connectivity index (χ1) is 13.9. The van der Waals surface area contributed by atoms with Crippen molar-refractivity contribution in [2.75, 3.05) is 11.9 Å². The predicted octanol–water partition coefficient (Wildman–Crippen LogP) is 2.84. The largest absolute Gasteiger partial charge is 0.352 e. The molecular formula is C22H21N5O2. The zero-order valence-electron chi connectivity index (χ0n) is 16.5. The molecule has 0 aliphatic carbocycles. The molecule has 2 heterocycles. The molecule has 0 radical (unpaired) electrons. The summed E-state index contributed by atoms with van der Waals surface area (Å²) < 4.78 is 2.61. The summed E-state index contributed by atoms with van der Waals surface area (Å²) in [5.41, 5.74) is 3.59. The monoisotopic (exact) mass is 387 g/mol. The van der Waals surface area contributed by atoms with E-state index in [9.17, 15) is 9.59 Å². The molecule has 4 rings (SSSR count). The van der Waals surface area contributed by atoms with Crippen molar-refractivity contribution in [1.82, 2.24) is 19.2 Å². The SMILES string of the molecule is Cc1cccc(N(C)C(=O)Cn2nc3cc(-c4ccccc4)nc(C)n3c2=O)c1. The summed E-state index contributed by atoms with van der Waals surface area (Å²) in [6.45, 7) is 3.58. The van der Waals surface area contributed by atoms with Gasteiger partial charge in [0.2, 0.25) is 5.91 Å². The molecule has 1 amide bonds. The topological polar surface area (TPSA) is 72.5 Å². The maximum atomic E-state index is 12.8. The fraction of sp³-hybridized carbons (Fsp3) is 0.182. The molecule has 2 aromatic heterocycles. The summed E-state index contributed by atoms with van der Waals surface area (Å²) in [7, 11) is 1.69. The van der Waals surface area contributed by atoms with Gasteiger partial charge in [-0.3, -0.25) is 4.79 Å². The van der Waals surface area contributed by atoms with E-state index in [1.54, 1.807) is 20.0 Å². The van der Waals surface area contributed by atoms with Crippen molar-refractivity contribution in [3.05, 3.63) is 82.5 Å². The Balaban J connectivity index is 1.68. The van der Waals surface area contributed by atoms with Crippen LogP contribution in [0.15, 0.2) is 65.5 Å². The van der Waals surface area contributed by atoms with Gasteiger partial charge < -0.3 is 4.90 Å². The van der Waals surface area contributed by atoms with Gasteiger partial charge in [0.25, 0.3) is 0 Å². The van der Waals surface area contributed by atoms with Crippen LogP contribution in [0.2, 0.25) is 0 Å². The minimum absolute atomic E-state index is 0.148. The first-order valence-corrected chi connectivity index (χ1v) is 9.30. The molecule has 0 saturated carbocycles. The van der Waals surface area contributed by atoms with E-state index in [1.165, 1.54) is 14.0 Å². The number of fused-ring (bicyclic) bond motifs is 1. The summed E-state index contributed by atoms with van der Waals surface area (Å²) in [5, 5.41) is 4.37. The van der Waals surface area contributed by atoms with E-state index < -0.39 is 0 Å².